The summed E-state index contributed by atoms with van der Waals surface area (Å²) < 4.78 is 6.62. The monoisotopic (exact) mass is 701 g/mol. The first-order valence-electron chi connectivity index (χ1n) is 18.9. The van der Waals surface area contributed by atoms with Gasteiger partial charge in [-0.05, 0) is 92.4 Å². The normalized spacial score (nSPS) is 13.0. The van der Waals surface area contributed by atoms with Crippen LogP contribution in [0.5, 0.6) is 11.5 Å². The molecule has 2 nitrogen and oxygen atoms in total. The molecule has 0 N–H and O–H groups in total. The molecule has 0 atom stereocenters. The van der Waals surface area contributed by atoms with E-state index in [2.05, 4.69) is 217 Å². The minimum Gasteiger partial charge on any atom is -0.457 e. The largest absolute Gasteiger partial charge is 0.457 e. The Balaban J connectivity index is 1.10. The van der Waals surface area contributed by atoms with Gasteiger partial charge < -0.3 is 9.64 Å². The topological polar surface area (TPSA) is 12.5 Å². The van der Waals surface area contributed by atoms with Gasteiger partial charge in [0.25, 0.3) is 0 Å². The number of anilines is 3. The van der Waals surface area contributed by atoms with E-state index in [1.54, 1.807) is 0 Å². The molecule has 0 bridgehead atoms. The summed E-state index contributed by atoms with van der Waals surface area (Å²) in [7, 11) is 0. The molecular weight excluding hydrogens is 667 g/mol. The SMILES string of the molecule is c1ccc(-c2ccc(-c3ccc(N(c4ccc5c(c4)C4(c6ccccc6Oc6ccccc64)c4ccccc4-5)c4cccc5ccccc45)cc3)cc2)cc1. The van der Waals surface area contributed by atoms with Crippen LogP contribution in [0, 0.1) is 0 Å². The zero-order chi connectivity index (χ0) is 36.3. The van der Waals surface area contributed by atoms with Crippen LogP contribution >= 0.6 is 0 Å². The third-order valence-electron chi connectivity index (χ3n) is 11.5. The van der Waals surface area contributed by atoms with Crippen LogP contribution in [0.4, 0.5) is 17.1 Å². The van der Waals surface area contributed by atoms with E-state index in [4.69, 9.17) is 4.74 Å². The maximum atomic E-state index is 6.62. The second-order valence-corrected chi connectivity index (χ2v) is 14.4. The lowest BCUT2D eigenvalue weighted by Gasteiger charge is -2.39. The smallest absolute Gasteiger partial charge is 0.132 e. The Hall–Kier alpha value is -7.16. The van der Waals surface area contributed by atoms with Gasteiger partial charge in [-0.3, -0.25) is 0 Å². The number of hydrogen-bond acceptors (Lipinski definition) is 2. The predicted molar refractivity (Wildman–Crippen MR) is 227 cm³/mol. The quantitative estimate of drug-likeness (QED) is 0.177. The van der Waals surface area contributed by atoms with Crippen molar-refractivity contribution in [3.8, 4) is 44.9 Å². The van der Waals surface area contributed by atoms with Gasteiger partial charge in [0.05, 0.1) is 11.1 Å². The molecule has 0 amide bonds. The molecule has 2 heteroatoms. The van der Waals surface area contributed by atoms with Gasteiger partial charge >= 0.3 is 0 Å². The van der Waals surface area contributed by atoms with Gasteiger partial charge in [0.15, 0.2) is 0 Å². The Morgan fingerprint density at radius 3 is 1.56 bits per heavy atom. The van der Waals surface area contributed by atoms with E-state index in [1.807, 2.05) is 0 Å². The van der Waals surface area contributed by atoms with Crippen LogP contribution in [-0.4, -0.2) is 0 Å². The van der Waals surface area contributed by atoms with Crippen LogP contribution in [0.25, 0.3) is 44.2 Å². The van der Waals surface area contributed by atoms with Crippen LogP contribution in [0.2, 0.25) is 0 Å². The minimum absolute atomic E-state index is 0.548. The fourth-order valence-electron chi connectivity index (χ4n) is 9.10. The van der Waals surface area contributed by atoms with E-state index < -0.39 is 5.41 Å². The summed E-state index contributed by atoms with van der Waals surface area (Å²) >= 11 is 0. The van der Waals surface area contributed by atoms with Crippen molar-refractivity contribution < 1.29 is 4.74 Å². The standard InChI is InChI=1S/C53H35NO/c1-2-13-36(14-3-1)37-25-27-38(28-26-37)39-29-31-41(32-30-39)54(50-22-12-16-40-15-4-5-17-43(40)50)42-33-34-45-44-18-6-7-19-46(44)53(49(45)35-42)47-20-8-10-23-51(47)55-52-24-11-9-21-48(52)53/h1-35H. The summed E-state index contributed by atoms with van der Waals surface area (Å²) in [6.45, 7) is 0. The number of rotatable bonds is 5. The molecule has 1 heterocycles. The highest BCUT2D eigenvalue weighted by molar-refractivity contribution is 6.00. The van der Waals surface area contributed by atoms with E-state index in [9.17, 15) is 0 Å². The molecule has 0 saturated carbocycles. The first-order valence-corrected chi connectivity index (χ1v) is 18.9. The van der Waals surface area contributed by atoms with Crippen LogP contribution in [0.15, 0.2) is 212 Å². The molecule has 0 saturated heterocycles. The van der Waals surface area contributed by atoms with Gasteiger partial charge in [0, 0.05) is 27.9 Å². The first-order chi connectivity index (χ1) is 27.3. The fourth-order valence-corrected chi connectivity index (χ4v) is 9.10. The minimum atomic E-state index is -0.548. The van der Waals surface area contributed by atoms with E-state index in [-0.39, 0.29) is 0 Å². The van der Waals surface area contributed by atoms with Crippen LogP contribution in [-0.2, 0) is 5.41 Å². The van der Waals surface area contributed by atoms with Crippen LogP contribution in [0.3, 0.4) is 0 Å². The van der Waals surface area contributed by atoms with Gasteiger partial charge in [-0.25, -0.2) is 0 Å². The first kappa shape index (κ1) is 31.4. The molecule has 11 rings (SSSR count). The second-order valence-electron chi connectivity index (χ2n) is 14.4. The summed E-state index contributed by atoms with van der Waals surface area (Å²) in [6, 6.07) is 76.9. The molecule has 2 aliphatic rings. The highest BCUT2D eigenvalue weighted by atomic mass is 16.5. The third kappa shape index (κ3) is 4.82. The molecule has 9 aromatic rings. The lowest BCUT2D eigenvalue weighted by Crippen LogP contribution is -2.32. The van der Waals surface area contributed by atoms with Crippen LogP contribution in [0.1, 0.15) is 22.3 Å². The zero-order valence-corrected chi connectivity index (χ0v) is 30.1. The van der Waals surface area contributed by atoms with E-state index in [0.29, 0.717) is 0 Å². The highest BCUT2D eigenvalue weighted by Gasteiger charge is 2.51. The summed E-state index contributed by atoms with van der Waals surface area (Å²) in [5.74, 6) is 1.79. The fraction of sp³-hybridized carbons (Fsp3) is 0.0189. The molecule has 0 unspecified atom stereocenters. The molecule has 55 heavy (non-hydrogen) atoms. The summed E-state index contributed by atoms with van der Waals surface area (Å²) in [6.07, 6.45) is 0. The predicted octanol–water partition coefficient (Wildman–Crippen LogP) is 14.1. The molecule has 258 valence electrons. The number of benzene rings is 9. The Kier molecular flexibility index (Phi) is 7.11. The Morgan fingerprint density at radius 1 is 0.345 bits per heavy atom. The van der Waals surface area contributed by atoms with Crippen LogP contribution < -0.4 is 9.64 Å². The Bertz CT molecular complexity index is 2840. The molecule has 1 aliphatic carbocycles. The van der Waals surface area contributed by atoms with Gasteiger partial charge in [0.2, 0.25) is 0 Å². The number of ether oxygens (including phenoxy) is 1. The maximum Gasteiger partial charge on any atom is 0.132 e. The van der Waals surface area contributed by atoms with Gasteiger partial charge in [0.1, 0.15) is 11.5 Å². The molecule has 0 aromatic heterocycles. The Morgan fingerprint density at radius 2 is 0.855 bits per heavy atom. The van der Waals surface area contributed by atoms with E-state index >= 15 is 0 Å². The zero-order valence-electron chi connectivity index (χ0n) is 30.1. The van der Waals surface area contributed by atoms with Gasteiger partial charge in [-0.2, -0.15) is 0 Å². The molecule has 9 aromatic carbocycles. The molecular formula is C53H35NO. The highest BCUT2D eigenvalue weighted by Crippen LogP contribution is 2.62. The van der Waals surface area contributed by atoms with Gasteiger partial charge in [-0.15, -0.1) is 0 Å². The average molecular weight is 702 g/mol. The average Bonchev–Trinajstić information content (AvgIpc) is 3.54. The van der Waals surface area contributed by atoms with Crippen molar-refractivity contribution in [2.24, 2.45) is 0 Å². The maximum absolute atomic E-state index is 6.62. The molecule has 0 radical (unpaired) electrons. The van der Waals surface area contributed by atoms with Crippen molar-refractivity contribution >= 4 is 27.8 Å². The van der Waals surface area contributed by atoms with Crippen molar-refractivity contribution in [1.29, 1.82) is 0 Å². The molecule has 1 aliphatic heterocycles. The van der Waals surface area contributed by atoms with Crippen molar-refractivity contribution in [3.63, 3.8) is 0 Å². The molecule has 0 fully saturated rings. The summed E-state index contributed by atoms with van der Waals surface area (Å²) in [5.41, 5.74) is 15.0. The van der Waals surface area contributed by atoms with Crippen molar-refractivity contribution in [3.05, 3.63) is 235 Å². The van der Waals surface area contributed by atoms with Gasteiger partial charge in [-0.1, -0.05) is 170 Å². The molecule has 1 spiro atoms. The summed E-state index contributed by atoms with van der Waals surface area (Å²) in [4.78, 5) is 2.43. The summed E-state index contributed by atoms with van der Waals surface area (Å²) in [5, 5.41) is 2.41. The number of hydrogen-bond donors (Lipinski definition) is 0. The van der Waals surface area contributed by atoms with Crippen molar-refractivity contribution in [2.45, 2.75) is 5.41 Å². The van der Waals surface area contributed by atoms with Crippen molar-refractivity contribution in [1.82, 2.24) is 0 Å². The number of fused-ring (bicyclic) bond motifs is 10. The van der Waals surface area contributed by atoms with E-state index in [1.165, 1.54) is 55.3 Å². The lowest BCUT2D eigenvalue weighted by molar-refractivity contribution is 0.436. The Labute approximate surface area is 321 Å². The van der Waals surface area contributed by atoms with Crippen molar-refractivity contribution in [2.75, 3.05) is 4.90 Å². The third-order valence-corrected chi connectivity index (χ3v) is 11.5. The lowest BCUT2D eigenvalue weighted by atomic mass is 9.66. The second kappa shape index (κ2) is 12.5. The number of nitrogens with zero attached hydrogens (tertiary/aromatic N) is 1. The number of para-hydroxylation sites is 2. The van der Waals surface area contributed by atoms with E-state index in [0.717, 1.165) is 39.7 Å².